The Balaban J connectivity index is 0.00000242. The number of hydrogen-bond donors (Lipinski definition) is 2. The van der Waals surface area contributed by atoms with E-state index in [0.29, 0.717) is 12.5 Å². The Morgan fingerprint density at radius 2 is 2.14 bits per heavy atom. The number of nitrogens with one attached hydrogen (secondary N) is 1. The molecule has 1 atom stereocenters. The van der Waals surface area contributed by atoms with Crippen LogP contribution < -0.4 is 11.1 Å². The van der Waals surface area contributed by atoms with E-state index in [1.807, 2.05) is 0 Å². The van der Waals surface area contributed by atoms with Crippen LogP contribution in [0.3, 0.4) is 0 Å². The zero-order chi connectivity index (χ0) is 14.9. The molecule has 2 fully saturated rings. The number of guanidine groups is 1. The number of nitrogens with two attached hydrogens (primary N) is 1. The largest absolute Gasteiger partial charge is 0.376 e. The first-order chi connectivity index (χ1) is 10.2. The van der Waals surface area contributed by atoms with Gasteiger partial charge in [-0.15, -0.1) is 24.0 Å². The van der Waals surface area contributed by atoms with Gasteiger partial charge in [-0.25, -0.2) is 0 Å². The lowest BCUT2D eigenvalue weighted by Gasteiger charge is -2.20. The number of likely N-dealkylation sites (N-methyl/N-ethyl adjacent to an activating group) is 1. The summed E-state index contributed by atoms with van der Waals surface area (Å²) >= 11 is 0. The van der Waals surface area contributed by atoms with Crippen LogP contribution in [0.25, 0.3) is 0 Å². The molecule has 7 heteroatoms. The fourth-order valence-electron chi connectivity index (χ4n) is 2.89. The number of halogens is 1. The van der Waals surface area contributed by atoms with Gasteiger partial charge in [-0.05, 0) is 52.4 Å². The van der Waals surface area contributed by atoms with Crippen molar-refractivity contribution < 1.29 is 4.74 Å². The smallest absolute Gasteiger partial charge is 0.188 e. The lowest BCUT2D eigenvalue weighted by molar-refractivity contribution is 0.118. The van der Waals surface area contributed by atoms with Gasteiger partial charge < -0.3 is 25.6 Å². The van der Waals surface area contributed by atoms with Crippen molar-refractivity contribution in [3.8, 4) is 0 Å². The van der Waals surface area contributed by atoms with E-state index < -0.39 is 0 Å². The predicted octanol–water partition coefficient (Wildman–Crippen LogP) is 0.715. The second kappa shape index (κ2) is 11.4. The van der Waals surface area contributed by atoms with E-state index in [9.17, 15) is 0 Å². The highest BCUT2D eigenvalue weighted by Crippen LogP contribution is 2.11. The Kier molecular flexibility index (Phi) is 10.3. The molecule has 0 spiro atoms. The summed E-state index contributed by atoms with van der Waals surface area (Å²) < 4.78 is 5.53. The van der Waals surface area contributed by atoms with Gasteiger partial charge in [0.1, 0.15) is 0 Å². The van der Waals surface area contributed by atoms with Gasteiger partial charge in [0.05, 0.1) is 12.6 Å². The van der Waals surface area contributed by atoms with Crippen molar-refractivity contribution in [3.63, 3.8) is 0 Å². The second-order valence-corrected chi connectivity index (χ2v) is 6.14. The Labute approximate surface area is 151 Å². The lowest BCUT2D eigenvalue weighted by atomic mass is 10.2. The highest BCUT2D eigenvalue weighted by molar-refractivity contribution is 14.0. The van der Waals surface area contributed by atoms with Gasteiger partial charge in [0.2, 0.25) is 0 Å². The van der Waals surface area contributed by atoms with Crippen molar-refractivity contribution in [2.24, 2.45) is 10.7 Å². The molecule has 130 valence electrons. The molecule has 22 heavy (non-hydrogen) atoms. The summed E-state index contributed by atoms with van der Waals surface area (Å²) in [5, 5.41) is 3.21. The molecule has 0 aromatic rings. The molecule has 0 aliphatic carbocycles. The molecule has 0 aromatic carbocycles. The molecule has 2 saturated heterocycles. The zero-order valence-corrected chi connectivity index (χ0v) is 16.1. The van der Waals surface area contributed by atoms with Crippen molar-refractivity contribution in [2.75, 3.05) is 59.5 Å². The van der Waals surface area contributed by atoms with Gasteiger partial charge in [0.25, 0.3) is 0 Å². The minimum atomic E-state index is 0. The Morgan fingerprint density at radius 3 is 2.91 bits per heavy atom. The maximum atomic E-state index is 5.88. The first kappa shape index (κ1) is 19.9. The molecule has 1 unspecified atom stereocenters. The third-order valence-corrected chi connectivity index (χ3v) is 4.26. The van der Waals surface area contributed by atoms with E-state index in [2.05, 4.69) is 27.2 Å². The first-order valence-corrected chi connectivity index (χ1v) is 8.30. The van der Waals surface area contributed by atoms with E-state index in [1.54, 1.807) is 0 Å². The van der Waals surface area contributed by atoms with Gasteiger partial charge in [-0.3, -0.25) is 4.99 Å². The molecule has 3 N–H and O–H groups in total. The van der Waals surface area contributed by atoms with Crippen LogP contribution in [0.5, 0.6) is 0 Å². The minimum Gasteiger partial charge on any atom is -0.376 e. The van der Waals surface area contributed by atoms with Gasteiger partial charge in [0.15, 0.2) is 5.96 Å². The van der Waals surface area contributed by atoms with Crippen molar-refractivity contribution in [1.29, 1.82) is 0 Å². The molecule has 0 aromatic heterocycles. The van der Waals surface area contributed by atoms with Gasteiger partial charge in [-0.1, -0.05) is 0 Å². The first-order valence-electron chi connectivity index (χ1n) is 8.30. The molecule has 2 aliphatic rings. The molecule has 2 rings (SSSR count). The molecular weight excluding hydrogens is 393 g/mol. The maximum Gasteiger partial charge on any atom is 0.188 e. The van der Waals surface area contributed by atoms with Gasteiger partial charge in [0, 0.05) is 26.2 Å². The van der Waals surface area contributed by atoms with Crippen LogP contribution in [0.1, 0.15) is 25.7 Å². The highest BCUT2D eigenvalue weighted by Gasteiger charge is 2.14. The Hall–Kier alpha value is -0.120. The monoisotopic (exact) mass is 425 g/mol. The number of ether oxygens (including phenoxy) is 1. The third-order valence-electron chi connectivity index (χ3n) is 4.26. The summed E-state index contributed by atoms with van der Waals surface area (Å²) in [5.41, 5.74) is 5.88. The molecule has 2 heterocycles. The van der Waals surface area contributed by atoms with E-state index in [4.69, 9.17) is 10.5 Å². The van der Waals surface area contributed by atoms with Crippen molar-refractivity contribution >= 4 is 29.9 Å². The quantitative estimate of drug-likeness (QED) is 0.284. The van der Waals surface area contributed by atoms with Crippen LogP contribution in [0, 0.1) is 0 Å². The topological polar surface area (TPSA) is 66.1 Å². The van der Waals surface area contributed by atoms with Crippen LogP contribution in [-0.4, -0.2) is 81.3 Å². The molecule has 0 bridgehead atoms. The van der Waals surface area contributed by atoms with Crippen molar-refractivity contribution in [2.45, 2.75) is 31.8 Å². The average Bonchev–Trinajstić information content (AvgIpc) is 2.91. The lowest BCUT2D eigenvalue weighted by Crippen LogP contribution is -2.36. The molecule has 0 amide bonds. The SMILES string of the molecule is CN1CCCN(CCCNC(N)=NCC2CCCO2)CC1.I. The van der Waals surface area contributed by atoms with E-state index >= 15 is 0 Å². The average molecular weight is 425 g/mol. The van der Waals surface area contributed by atoms with Crippen LogP contribution in [-0.2, 0) is 4.74 Å². The standard InChI is InChI=1S/C15H31N5O.HI/c1-19-7-4-9-20(11-10-19)8-3-6-17-15(16)18-13-14-5-2-12-21-14;/h14H,2-13H2,1H3,(H3,16,17,18);1H. The molecule has 0 saturated carbocycles. The Bertz CT molecular complexity index is 323. The third kappa shape index (κ3) is 7.94. The maximum absolute atomic E-state index is 5.88. The van der Waals surface area contributed by atoms with Crippen molar-refractivity contribution in [3.05, 3.63) is 0 Å². The van der Waals surface area contributed by atoms with Gasteiger partial charge >= 0.3 is 0 Å². The number of nitrogens with zero attached hydrogens (tertiary/aromatic N) is 3. The summed E-state index contributed by atoms with van der Waals surface area (Å²) in [6.07, 6.45) is 4.92. The summed E-state index contributed by atoms with van der Waals surface area (Å²) in [6, 6.07) is 0. The van der Waals surface area contributed by atoms with Crippen LogP contribution in [0.4, 0.5) is 0 Å². The summed E-state index contributed by atoms with van der Waals surface area (Å²) in [4.78, 5) is 9.31. The summed E-state index contributed by atoms with van der Waals surface area (Å²) in [6.45, 7) is 8.39. The Morgan fingerprint density at radius 1 is 1.27 bits per heavy atom. The number of rotatable bonds is 6. The fourth-order valence-corrected chi connectivity index (χ4v) is 2.89. The molecular formula is C15H32IN5O. The number of aliphatic imine (C=N–C) groups is 1. The van der Waals surface area contributed by atoms with Crippen LogP contribution >= 0.6 is 24.0 Å². The van der Waals surface area contributed by atoms with Crippen LogP contribution in [0.15, 0.2) is 4.99 Å². The highest BCUT2D eigenvalue weighted by atomic mass is 127. The predicted molar refractivity (Wildman–Crippen MR) is 102 cm³/mol. The molecule has 0 radical (unpaired) electrons. The summed E-state index contributed by atoms with van der Waals surface area (Å²) in [5.74, 6) is 0.557. The molecule has 6 nitrogen and oxygen atoms in total. The summed E-state index contributed by atoms with van der Waals surface area (Å²) in [7, 11) is 2.20. The van der Waals surface area contributed by atoms with Crippen molar-refractivity contribution in [1.82, 2.24) is 15.1 Å². The van der Waals surface area contributed by atoms with E-state index in [-0.39, 0.29) is 30.1 Å². The minimum absolute atomic E-state index is 0. The van der Waals surface area contributed by atoms with E-state index in [1.165, 1.54) is 32.6 Å². The number of hydrogen-bond acceptors (Lipinski definition) is 4. The normalized spacial score (nSPS) is 24.8. The second-order valence-electron chi connectivity index (χ2n) is 6.14. The van der Waals surface area contributed by atoms with E-state index in [0.717, 1.165) is 39.0 Å². The zero-order valence-electron chi connectivity index (χ0n) is 13.8. The van der Waals surface area contributed by atoms with Crippen LogP contribution in [0.2, 0.25) is 0 Å². The fraction of sp³-hybridized carbons (Fsp3) is 0.933. The molecule has 2 aliphatic heterocycles. The van der Waals surface area contributed by atoms with Gasteiger partial charge in [-0.2, -0.15) is 0 Å².